The van der Waals surface area contributed by atoms with Crippen molar-refractivity contribution in [2.45, 2.75) is 23.5 Å². The number of carboxylic acid groups (broad SMARTS) is 1. The lowest BCUT2D eigenvalue weighted by atomic mass is 10.0. The Morgan fingerprint density at radius 3 is 2.58 bits per heavy atom. The summed E-state index contributed by atoms with van der Waals surface area (Å²) in [7, 11) is 0. The molecule has 1 heterocycles. The number of nitrogens with zero attached hydrogens (tertiary/aromatic N) is 2. The highest BCUT2D eigenvalue weighted by Crippen LogP contribution is 2.43. The van der Waals surface area contributed by atoms with Crippen LogP contribution in [0.15, 0.2) is 46.8 Å². The maximum absolute atomic E-state index is 11.5. The van der Waals surface area contributed by atoms with Gasteiger partial charge in [-0.3, -0.25) is 4.79 Å². The predicted octanol–water partition coefficient (Wildman–Crippen LogP) is 4.79. The van der Waals surface area contributed by atoms with Gasteiger partial charge in [-0.25, -0.2) is 4.98 Å². The molecule has 0 radical (unpaired) electrons. The van der Waals surface area contributed by atoms with E-state index in [1.807, 2.05) is 24.3 Å². The summed E-state index contributed by atoms with van der Waals surface area (Å²) in [6.45, 7) is 3.39. The zero-order chi connectivity index (χ0) is 17.3. The van der Waals surface area contributed by atoms with Crippen LogP contribution < -0.4 is 0 Å². The Labute approximate surface area is 147 Å². The SMILES string of the molecule is CC(C)(Sc1ccc2ncsc2c1-c1ccc(C#N)cc1)C(=O)O. The zero-order valence-electron chi connectivity index (χ0n) is 13.1. The number of benzene rings is 2. The minimum atomic E-state index is -0.945. The summed E-state index contributed by atoms with van der Waals surface area (Å²) in [5.74, 6) is -0.859. The van der Waals surface area contributed by atoms with E-state index in [0.717, 1.165) is 26.2 Å². The van der Waals surface area contributed by atoms with Crippen LogP contribution >= 0.6 is 23.1 Å². The smallest absolute Gasteiger partial charge is 0.319 e. The Kier molecular flexibility index (Phi) is 4.31. The second-order valence-corrected chi connectivity index (χ2v) is 8.27. The first-order valence-corrected chi connectivity index (χ1v) is 8.91. The average Bonchev–Trinajstić information content (AvgIpc) is 3.03. The topological polar surface area (TPSA) is 74.0 Å². The number of carboxylic acids is 1. The van der Waals surface area contributed by atoms with E-state index >= 15 is 0 Å². The van der Waals surface area contributed by atoms with E-state index in [9.17, 15) is 9.90 Å². The lowest BCUT2D eigenvalue weighted by Gasteiger charge is -2.21. The Hall–Kier alpha value is -2.36. The van der Waals surface area contributed by atoms with E-state index in [4.69, 9.17) is 5.26 Å². The summed E-state index contributed by atoms with van der Waals surface area (Å²) in [6, 6.07) is 13.3. The highest BCUT2D eigenvalue weighted by Gasteiger charge is 2.30. The predicted molar refractivity (Wildman–Crippen MR) is 97.3 cm³/mol. The molecule has 0 atom stereocenters. The molecular weight excluding hydrogens is 340 g/mol. The molecule has 3 aromatic rings. The fourth-order valence-corrected chi connectivity index (χ4v) is 4.32. The summed E-state index contributed by atoms with van der Waals surface area (Å²) in [4.78, 5) is 16.7. The van der Waals surface area contributed by atoms with Gasteiger partial charge in [0.25, 0.3) is 0 Å². The van der Waals surface area contributed by atoms with Crippen LogP contribution in [0.5, 0.6) is 0 Å². The number of thiazole rings is 1. The Balaban J connectivity index is 2.19. The van der Waals surface area contributed by atoms with Gasteiger partial charge in [-0.15, -0.1) is 23.1 Å². The molecule has 0 amide bonds. The van der Waals surface area contributed by atoms with Crippen LogP contribution in [0, 0.1) is 11.3 Å². The second kappa shape index (κ2) is 6.27. The van der Waals surface area contributed by atoms with Crippen molar-refractivity contribution < 1.29 is 9.90 Å². The minimum absolute atomic E-state index is 0.593. The summed E-state index contributed by atoms with van der Waals surface area (Å²) in [5, 5.41) is 18.4. The molecule has 0 bridgehead atoms. The van der Waals surface area contributed by atoms with Crippen molar-refractivity contribution in [2.75, 3.05) is 0 Å². The molecule has 0 spiro atoms. The highest BCUT2D eigenvalue weighted by molar-refractivity contribution is 8.01. The van der Waals surface area contributed by atoms with Crippen molar-refractivity contribution in [1.82, 2.24) is 4.98 Å². The van der Waals surface area contributed by atoms with Gasteiger partial charge in [-0.05, 0) is 43.7 Å². The molecule has 6 heteroatoms. The molecule has 0 unspecified atom stereocenters. The number of aromatic nitrogens is 1. The van der Waals surface area contributed by atoms with Crippen LogP contribution in [-0.4, -0.2) is 20.8 Å². The summed E-state index contributed by atoms with van der Waals surface area (Å²) in [5.41, 5.74) is 5.19. The third kappa shape index (κ3) is 3.01. The lowest BCUT2D eigenvalue weighted by molar-refractivity contribution is -0.138. The van der Waals surface area contributed by atoms with Crippen molar-refractivity contribution in [3.8, 4) is 17.2 Å². The van der Waals surface area contributed by atoms with Crippen LogP contribution in [0.2, 0.25) is 0 Å². The lowest BCUT2D eigenvalue weighted by Crippen LogP contribution is -2.26. The molecule has 2 aromatic carbocycles. The second-order valence-electron chi connectivity index (χ2n) is 5.75. The molecule has 1 N–H and O–H groups in total. The van der Waals surface area contributed by atoms with Gasteiger partial charge in [-0.2, -0.15) is 5.26 Å². The standard InChI is InChI=1S/C18H14N2O2S2/c1-18(2,17(21)22)24-14-8-7-13-16(23-10-20-13)15(14)12-5-3-11(9-19)4-6-12/h3-8,10H,1-2H3,(H,21,22). The van der Waals surface area contributed by atoms with E-state index in [2.05, 4.69) is 11.1 Å². The highest BCUT2D eigenvalue weighted by atomic mass is 32.2. The minimum Gasteiger partial charge on any atom is -0.480 e. The number of aliphatic carboxylic acids is 1. The largest absolute Gasteiger partial charge is 0.480 e. The van der Waals surface area contributed by atoms with E-state index in [1.54, 1.807) is 31.5 Å². The molecule has 0 saturated heterocycles. The van der Waals surface area contributed by atoms with Crippen LogP contribution in [0.1, 0.15) is 19.4 Å². The monoisotopic (exact) mass is 354 g/mol. The summed E-state index contributed by atoms with van der Waals surface area (Å²) >= 11 is 2.85. The van der Waals surface area contributed by atoms with Crippen molar-refractivity contribution in [1.29, 1.82) is 5.26 Å². The summed E-state index contributed by atoms with van der Waals surface area (Å²) in [6.07, 6.45) is 0. The molecule has 3 rings (SSSR count). The van der Waals surface area contributed by atoms with Crippen molar-refractivity contribution in [3.05, 3.63) is 47.5 Å². The quantitative estimate of drug-likeness (QED) is 0.682. The Morgan fingerprint density at radius 1 is 1.25 bits per heavy atom. The summed E-state index contributed by atoms with van der Waals surface area (Å²) < 4.78 is 0.0746. The molecule has 120 valence electrons. The average molecular weight is 354 g/mol. The van der Waals surface area contributed by atoms with Gasteiger partial charge < -0.3 is 5.11 Å². The van der Waals surface area contributed by atoms with E-state index in [-0.39, 0.29) is 0 Å². The molecule has 4 nitrogen and oxygen atoms in total. The molecule has 1 aromatic heterocycles. The van der Waals surface area contributed by atoms with Crippen molar-refractivity contribution in [2.24, 2.45) is 0 Å². The van der Waals surface area contributed by atoms with Crippen LogP contribution in [0.4, 0.5) is 0 Å². The number of rotatable bonds is 4. The molecule has 0 fully saturated rings. The maximum atomic E-state index is 11.5. The Morgan fingerprint density at radius 2 is 1.96 bits per heavy atom. The molecule has 0 aliphatic heterocycles. The van der Waals surface area contributed by atoms with Gasteiger partial charge in [0.2, 0.25) is 0 Å². The van der Waals surface area contributed by atoms with Crippen molar-refractivity contribution >= 4 is 39.3 Å². The zero-order valence-corrected chi connectivity index (χ0v) is 14.7. The van der Waals surface area contributed by atoms with Gasteiger partial charge in [0.05, 0.1) is 27.4 Å². The van der Waals surface area contributed by atoms with Gasteiger partial charge >= 0.3 is 5.97 Å². The van der Waals surface area contributed by atoms with Gasteiger partial charge in [-0.1, -0.05) is 12.1 Å². The van der Waals surface area contributed by atoms with E-state index < -0.39 is 10.7 Å². The number of carbonyl (C=O) groups is 1. The van der Waals surface area contributed by atoms with Crippen LogP contribution in [0.25, 0.3) is 21.3 Å². The van der Waals surface area contributed by atoms with Gasteiger partial charge in [0.1, 0.15) is 4.75 Å². The van der Waals surface area contributed by atoms with Gasteiger partial charge in [0, 0.05) is 10.5 Å². The number of hydrogen-bond donors (Lipinski definition) is 1. The van der Waals surface area contributed by atoms with Crippen molar-refractivity contribution in [3.63, 3.8) is 0 Å². The maximum Gasteiger partial charge on any atom is 0.319 e. The molecule has 0 saturated carbocycles. The van der Waals surface area contributed by atoms with E-state index in [1.165, 1.54) is 23.1 Å². The number of nitriles is 1. The molecule has 24 heavy (non-hydrogen) atoms. The fourth-order valence-electron chi connectivity index (χ4n) is 2.30. The van der Waals surface area contributed by atoms with Crippen LogP contribution in [0.3, 0.4) is 0 Å². The third-order valence-electron chi connectivity index (χ3n) is 3.64. The number of hydrogen-bond acceptors (Lipinski definition) is 5. The van der Waals surface area contributed by atoms with E-state index in [0.29, 0.717) is 5.56 Å². The van der Waals surface area contributed by atoms with Crippen LogP contribution in [-0.2, 0) is 4.79 Å². The number of fused-ring (bicyclic) bond motifs is 1. The first-order valence-electron chi connectivity index (χ1n) is 7.21. The fraction of sp³-hybridized carbons (Fsp3) is 0.167. The van der Waals surface area contributed by atoms with Gasteiger partial charge in [0.15, 0.2) is 0 Å². The number of thioether (sulfide) groups is 1. The normalized spacial score (nSPS) is 11.4. The Bertz CT molecular complexity index is 953. The molecule has 0 aliphatic carbocycles. The molecular formula is C18H14N2O2S2. The first-order chi connectivity index (χ1) is 11.4. The third-order valence-corrected chi connectivity index (χ3v) is 5.75. The molecule has 0 aliphatic rings. The first kappa shape index (κ1) is 16.5.